The average molecular weight is 484 g/mol. The van der Waals surface area contributed by atoms with Crippen molar-refractivity contribution in [2.45, 2.75) is 26.1 Å². The third kappa shape index (κ3) is 4.19. The van der Waals surface area contributed by atoms with Crippen LogP contribution >= 0.6 is 22.7 Å². The number of hydrogen-bond donors (Lipinski definition) is 2. The standard InChI is InChI=1S/C23H21N3O5S2/c1-2-30-23(29)26-9-8-15-17(12-26)33-21-18(15)20(27)24-19(25-21)13-5-3-6-14(11-13)31-22(28)16-7-4-10-32-16/h3-7,10-11,19,25H,2,8-9,12H2,1H3,(H,24,27). The molecule has 10 heteroatoms. The van der Waals surface area contributed by atoms with Crippen molar-refractivity contribution in [2.24, 2.45) is 0 Å². The quantitative estimate of drug-likeness (QED) is 0.422. The van der Waals surface area contributed by atoms with Crippen LogP contribution in [0.4, 0.5) is 9.80 Å². The predicted molar refractivity (Wildman–Crippen MR) is 125 cm³/mol. The molecule has 2 amide bonds. The number of anilines is 1. The van der Waals surface area contributed by atoms with Gasteiger partial charge in [-0.3, -0.25) is 4.79 Å². The van der Waals surface area contributed by atoms with E-state index >= 15 is 0 Å². The van der Waals surface area contributed by atoms with Crippen molar-refractivity contribution in [3.8, 4) is 5.75 Å². The Morgan fingerprint density at radius 2 is 2.09 bits per heavy atom. The number of thiophene rings is 2. The lowest BCUT2D eigenvalue weighted by atomic mass is 10.0. The second kappa shape index (κ2) is 8.87. The maximum Gasteiger partial charge on any atom is 0.410 e. The Kier molecular flexibility index (Phi) is 5.77. The molecule has 170 valence electrons. The Morgan fingerprint density at radius 3 is 2.88 bits per heavy atom. The van der Waals surface area contributed by atoms with Crippen LogP contribution in [0.2, 0.25) is 0 Å². The van der Waals surface area contributed by atoms with Gasteiger partial charge in [0.15, 0.2) is 0 Å². The molecule has 0 fully saturated rings. The minimum atomic E-state index is -0.466. The molecule has 2 N–H and O–H groups in total. The van der Waals surface area contributed by atoms with Gasteiger partial charge in [-0.1, -0.05) is 18.2 Å². The summed E-state index contributed by atoms with van der Waals surface area (Å²) in [5.74, 6) is -0.165. The Bertz CT molecular complexity index is 1220. The molecule has 0 aliphatic carbocycles. The summed E-state index contributed by atoms with van der Waals surface area (Å²) in [6.07, 6.45) is -0.196. The number of carbonyl (C=O) groups excluding carboxylic acids is 3. The number of carbonyl (C=O) groups is 3. The van der Waals surface area contributed by atoms with E-state index in [9.17, 15) is 14.4 Å². The number of fused-ring (bicyclic) bond motifs is 3. The molecule has 2 aromatic heterocycles. The highest BCUT2D eigenvalue weighted by Crippen LogP contribution is 2.41. The Labute approximate surface area is 198 Å². The van der Waals surface area contributed by atoms with Gasteiger partial charge in [-0.2, -0.15) is 0 Å². The lowest BCUT2D eigenvalue weighted by molar-refractivity contribution is 0.0738. The fraction of sp³-hybridized carbons (Fsp3) is 0.261. The molecule has 0 radical (unpaired) electrons. The van der Waals surface area contributed by atoms with Crippen LogP contribution in [-0.4, -0.2) is 36.0 Å². The van der Waals surface area contributed by atoms with Gasteiger partial charge in [0.05, 0.1) is 18.7 Å². The van der Waals surface area contributed by atoms with Crippen LogP contribution in [0.1, 0.15) is 49.1 Å². The van der Waals surface area contributed by atoms with E-state index in [0.29, 0.717) is 42.3 Å². The topological polar surface area (TPSA) is 97.0 Å². The molecule has 0 saturated heterocycles. The van der Waals surface area contributed by atoms with E-state index in [2.05, 4.69) is 10.6 Å². The number of nitrogens with one attached hydrogen (secondary N) is 2. The van der Waals surface area contributed by atoms with Crippen LogP contribution < -0.4 is 15.4 Å². The highest BCUT2D eigenvalue weighted by molar-refractivity contribution is 7.16. The summed E-state index contributed by atoms with van der Waals surface area (Å²) < 4.78 is 10.6. The van der Waals surface area contributed by atoms with Crippen LogP contribution in [0.25, 0.3) is 0 Å². The molecule has 0 bridgehead atoms. The van der Waals surface area contributed by atoms with Crippen molar-refractivity contribution in [3.05, 3.63) is 68.2 Å². The molecule has 1 aromatic carbocycles. The lowest BCUT2D eigenvalue weighted by Crippen LogP contribution is -2.39. The fourth-order valence-corrected chi connectivity index (χ4v) is 5.85. The fourth-order valence-electron chi connectivity index (χ4n) is 3.96. The largest absolute Gasteiger partial charge is 0.450 e. The summed E-state index contributed by atoms with van der Waals surface area (Å²) in [6.45, 7) is 3.06. The van der Waals surface area contributed by atoms with Crippen LogP contribution in [0.3, 0.4) is 0 Å². The Morgan fingerprint density at radius 1 is 1.21 bits per heavy atom. The number of benzene rings is 1. The average Bonchev–Trinajstić information content (AvgIpc) is 3.47. The van der Waals surface area contributed by atoms with Gasteiger partial charge in [0.25, 0.3) is 5.91 Å². The molecular weight excluding hydrogens is 462 g/mol. The summed E-state index contributed by atoms with van der Waals surface area (Å²) in [7, 11) is 0. The Hall–Kier alpha value is -3.37. The zero-order valence-corrected chi connectivity index (χ0v) is 19.4. The van der Waals surface area contributed by atoms with Gasteiger partial charge in [-0.05, 0) is 48.1 Å². The zero-order chi connectivity index (χ0) is 22.9. The zero-order valence-electron chi connectivity index (χ0n) is 17.8. The first kappa shape index (κ1) is 21.5. The van der Waals surface area contributed by atoms with Crippen LogP contribution in [0.15, 0.2) is 41.8 Å². The SMILES string of the molecule is CCOC(=O)N1CCc2c(sc3c2C(=O)NC(c2cccc(OC(=O)c4cccs4)c2)N3)C1. The first-order valence-electron chi connectivity index (χ1n) is 10.5. The van der Waals surface area contributed by atoms with E-state index in [1.165, 1.54) is 22.7 Å². The molecule has 0 spiro atoms. The molecule has 0 saturated carbocycles. The summed E-state index contributed by atoms with van der Waals surface area (Å²) in [4.78, 5) is 40.6. The molecule has 1 unspecified atom stereocenters. The van der Waals surface area contributed by atoms with E-state index < -0.39 is 12.1 Å². The molecule has 8 nitrogen and oxygen atoms in total. The highest BCUT2D eigenvalue weighted by atomic mass is 32.1. The maximum atomic E-state index is 13.0. The smallest absolute Gasteiger partial charge is 0.410 e. The minimum Gasteiger partial charge on any atom is -0.450 e. The van der Waals surface area contributed by atoms with Crippen molar-refractivity contribution in [1.82, 2.24) is 10.2 Å². The van der Waals surface area contributed by atoms with E-state index in [1.807, 2.05) is 11.4 Å². The van der Waals surface area contributed by atoms with Crippen molar-refractivity contribution in [2.75, 3.05) is 18.5 Å². The molecule has 1 atom stereocenters. The molecule has 33 heavy (non-hydrogen) atoms. The van der Waals surface area contributed by atoms with Gasteiger partial charge in [0, 0.05) is 11.4 Å². The summed E-state index contributed by atoms with van der Waals surface area (Å²) in [5.41, 5.74) is 2.40. The normalized spacial score (nSPS) is 16.8. The summed E-state index contributed by atoms with van der Waals surface area (Å²) in [5, 5.41) is 8.99. The molecule has 5 rings (SSSR count). The monoisotopic (exact) mass is 483 g/mol. The molecule has 4 heterocycles. The van der Waals surface area contributed by atoms with E-state index in [-0.39, 0.29) is 12.0 Å². The van der Waals surface area contributed by atoms with Gasteiger partial charge in [0.2, 0.25) is 0 Å². The van der Waals surface area contributed by atoms with E-state index in [1.54, 1.807) is 42.2 Å². The minimum absolute atomic E-state index is 0.156. The van der Waals surface area contributed by atoms with Gasteiger partial charge in [-0.15, -0.1) is 22.7 Å². The molecule has 2 aliphatic heterocycles. The van der Waals surface area contributed by atoms with Crippen molar-refractivity contribution >= 4 is 45.6 Å². The number of esters is 1. The van der Waals surface area contributed by atoms with Crippen molar-refractivity contribution in [1.29, 1.82) is 0 Å². The number of rotatable bonds is 4. The first-order chi connectivity index (χ1) is 16.0. The third-order valence-corrected chi connectivity index (χ3v) is 7.48. The number of nitrogens with zero attached hydrogens (tertiary/aromatic N) is 1. The van der Waals surface area contributed by atoms with E-state index in [0.717, 1.165) is 21.0 Å². The molecular formula is C23H21N3O5S2. The lowest BCUT2D eigenvalue weighted by Gasteiger charge is -2.28. The first-order valence-corrected chi connectivity index (χ1v) is 12.2. The number of hydrogen-bond acceptors (Lipinski definition) is 8. The van der Waals surface area contributed by atoms with E-state index in [4.69, 9.17) is 9.47 Å². The number of ether oxygens (including phenoxy) is 2. The van der Waals surface area contributed by atoms with Crippen molar-refractivity contribution in [3.63, 3.8) is 0 Å². The van der Waals surface area contributed by atoms with Crippen molar-refractivity contribution < 1.29 is 23.9 Å². The van der Waals surface area contributed by atoms with Crippen LogP contribution in [-0.2, 0) is 17.7 Å². The summed E-state index contributed by atoms with van der Waals surface area (Å²) >= 11 is 2.80. The summed E-state index contributed by atoms with van der Waals surface area (Å²) in [6, 6.07) is 10.6. The Balaban J connectivity index is 1.34. The van der Waals surface area contributed by atoms with Gasteiger partial charge in [0.1, 0.15) is 21.8 Å². The predicted octanol–water partition coefficient (Wildman–Crippen LogP) is 4.40. The second-order valence-corrected chi connectivity index (χ2v) is 9.62. The second-order valence-electron chi connectivity index (χ2n) is 7.57. The highest BCUT2D eigenvalue weighted by Gasteiger charge is 2.34. The van der Waals surface area contributed by atoms with Gasteiger partial charge >= 0.3 is 12.1 Å². The molecule has 2 aliphatic rings. The van der Waals surface area contributed by atoms with Crippen LogP contribution in [0, 0.1) is 0 Å². The maximum absolute atomic E-state index is 13.0. The van der Waals surface area contributed by atoms with Crippen LogP contribution in [0.5, 0.6) is 5.75 Å². The number of amides is 2. The van der Waals surface area contributed by atoms with Gasteiger partial charge < -0.3 is 25.0 Å². The third-order valence-electron chi connectivity index (χ3n) is 5.49. The van der Waals surface area contributed by atoms with Gasteiger partial charge in [-0.25, -0.2) is 9.59 Å². The molecule has 3 aromatic rings.